The topological polar surface area (TPSA) is 71.3 Å². The van der Waals surface area contributed by atoms with Crippen molar-refractivity contribution >= 4 is 5.96 Å². The van der Waals surface area contributed by atoms with Crippen LogP contribution < -0.4 is 15.4 Å². The summed E-state index contributed by atoms with van der Waals surface area (Å²) < 4.78 is 16.2. The molecule has 0 aliphatic rings. The molecule has 7 nitrogen and oxygen atoms in total. The van der Waals surface area contributed by atoms with Gasteiger partial charge in [0.15, 0.2) is 5.96 Å². The molecule has 0 aliphatic heterocycles. The van der Waals surface area contributed by atoms with Crippen LogP contribution in [0.25, 0.3) is 0 Å². The number of rotatable bonds is 12. The lowest BCUT2D eigenvalue weighted by molar-refractivity contribution is 0.105. The Bertz CT molecular complexity index is 717. The molecular formula is C22H34N4O3. The lowest BCUT2D eigenvalue weighted by Gasteiger charge is -2.24. The number of hydrogen-bond acceptors (Lipinski definition) is 5. The van der Waals surface area contributed by atoms with Gasteiger partial charge in [-0.25, -0.2) is 0 Å². The van der Waals surface area contributed by atoms with E-state index >= 15 is 0 Å². The summed E-state index contributed by atoms with van der Waals surface area (Å²) in [4.78, 5) is 6.95. The van der Waals surface area contributed by atoms with Gasteiger partial charge in [-0.1, -0.05) is 12.1 Å². The lowest BCUT2D eigenvalue weighted by Crippen LogP contribution is -2.38. The summed E-state index contributed by atoms with van der Waals surface area (Å²) in [6, 6.07) is 12.1. The second-order valence-electron chi connectivity index (χ2n) is 6.89. The third kappa shape index (κ3) is 8.17. The predicted octanol–water partition coefficient (Wildman–Crippen LogP) is 3.05. The highest BCUT2D eigenvalue weighted by atomic mass is 16.5. The Labute approximate surface area is 174 Å². The van der Waals surface area contributed by atoms with Crippen LogP contribution in [0, 0.1) is 0 Å². The molecule has 1 atom stereocenters. The molecule has 7 heteroatoms. The molecule has 1 aromatic carbocycles. The zero-order valence-electron chi connectivity index (χ0n) is 18.0. The van der Waals surface area contributed by atoms with Gasteiger partial charge in [-0.3, -0.25) is 4.99 Å². The molecule has 2 aromatic rings. The van der Waals surface area contributed by atoms with Crippen molar-refractivity contribution in [3.63, 3.8) is 0 Å². The zero-order valence-corrected chi connectivity index (χ0v) is 18.0. The van der Waals surface area contributed by atoms with Crippen LogP contribution in [0.2, 0.25) is 0 Å². The van der Waals surface area contributed by atoms with E-state index in [-0.39, 0.29) is 6.04 Å². The molecule has 0 fully saturated rings. The molecule has 0 aliphatic carbocycles. The van der Waals surface area contributed by atoms with Crippen molar-refractivity contribution in [2.45, 2.75) is 26.0 Å². The van der Waals surface area contributed by atoms with Crippen LogP contribution in [0.3, 0.4) is 0 Å². The Morgan fingerprint density at radius 2 is 2.07 bits per heavy atom. The first-order chi connectivity index (χ1) is 14.1. The van der Waals surface area contributed by atoms with Crippen LogP contribution in [0.1, 0.15) is 30.7 Å². The van der Waals surface area contributed by atoms with Gasteiger partial charge < -0.3 is 29.4 Å². The molecule has 0 amide bonds. The zero-order chi connectivity index (χ0) is 20.9. The average molecular weight is 403 g/mol. The summed E-state index contributed by atoms with van der Waals surface area (Å²) in [7, 11) is 5.82. The van der Waals surface area contributed by atoms with Gasteiger partial charge in [0, 0.05) is 19.7 Å². The van der Waals surface area contributed by atoms with Crippen molar-refractivity contribution in [1.82, 2.24) is 15.5 Å². The highest BCUT2D eigenvalue weighted by Gasteiger charge is 2.14. The molecule has 0 spiro atoms. The van der Waals surface area contributed by atoms with Gasteiger partial charge in [0.2, 0.25) is 0 Å². The summed E-state index contributed by atoms with van der Waals surface area (Å²) in [6.07, 6.45) is 2.55. The fourth-order valence-corrected chi connectivity index (χ4v) is 2.88. The highest BCUT2D eigenvalue weighted by molar-refractivity contribution is 5.79. The largest absolute Gasteiger partial charge is 0.497 e. The Morgan fingerprint density at radius 1 is 1.21 bits per heavy atom. The van der Waals surface area contributed by atoms with Crippen LogP contribution in [-0.2, 0) is 11.3 Å². The second-order valence-corrected chi connectivity index (χ2v) is 6.89. The smallest absolute Gasteiger partial charge is 0.191 e. The number of furan rings is 1. The molecule has 0 radical (unpaired) electrons. The first-order valence-corrected chi connectivity index (χ1v) is 10.1. The third-order valence-electron chi connectivity index (χ3n) is 4.45. The van der Waals surface area contributed by atoms with E-state index in [2.05, 4.69) is 48.7 Å². The summed E-state index contributed by atoms with van der Waals surface area (Å²) >= 11 is 0. The van der Waals surface area contributed by atoms with Crippen molar-refractivity contribution < 1.29 is 13.9 Å². The minimum absolute atomic E-state index is 0.164. The molecule has 0 bridgehead atoms. The number of nitrogens with one attached hydrogen (secondary N) is 2. The molecular weight excluding hydrogens is 368 g/mol. The predicted molar refractivity (Wildman–Crippen MR) is 116 cm³/mol. The van der Waals surface area contributed by atoms with Crippen LogP contribution in [0.5, 0.6) is 5.75 Å². The quantitative estimate of drug-likeness (QED) is 0.323. The SMILES string of the molecule is CCNC(=NCC(c1cccc(OC)c1)N(C)C)NCCCOCc1ccco1. The first-order valence-electron chi connectivity index (χ1n) is 10.1. The second kappa shape index (κ2) is 12.9. The Hall–Kier alpha value is -2.51. The number of methoxy groups -OCH3 is 1. The van der Waals surface area contributed by atoms with Crippen molar-refractivity contribution in [3.8, 4) is 5.75 Å². The molecule has 0 saturated heterocycles. The monoisotopic (exact) mass is 402 g/mol. The minimum atomic E-state index is 0.164. The van der Waals surface area contributed by atoms with Gasteiger partial charge >= 0.3 is 0 Å². The Kier molecular flexibility index (Phi) is 10.1. The molecule has 29 heavy (non-hydrogen) atoms. The van der Waals surface area contributed by atoms with Crippen LogP contribution >= 0.6 is 0 Å². The van der Waals surface area contributed by atoms with Crippen molar-refractivity contribution in [3.05, 3.63) is 54.0 Å². The van der Waals surface area contributed by atoms with Gasteiger partial charge in [0.25, 0.3) is 0 Å². The maximum absolute atomic E-state index is 5.62. The molecule has 0 saturated carbocycles. The molecule has 160 valence electrons. The van der Waals surface area contributed by atoms with Gasteiger partial charge in [-0.2, -0.15) is 0 Å². The van der Waals surface area contributed by atoms with Gasteiger partial charge in [0.05, 0.1) is 26.0 Å². The van der Waals surface area contributed by atoms with Crippen molar-refractivity contribution in [1.29, 1.82) is 0 Å². The van der Waals surface area contributed by atoms with E-state index < -0.39 is 0 Å². The molecule has 2 rings (SSSR count). The van der Waals surface area contributed by atoms with E-state index in [9.17, 15) is 0 Å². The maximum atomic E-state index is 5.62. The summed E-state index contributed by atoms with van der Waals surface area (Å²) in [5.74, 6) is 2.52. The van der Waals surface area contributed by atoms with Crippen molar-refractivity contribution in [2.24, 2.45) is 4.99 Å². The van der Waals surface area contributed by atoms with E-state index in [0.29, 0.717) is 19.8 Å². The first kappa shape index (κ1) is 22.8. The van der Waals surface area contributed by atoms with Crippen LogP contribution in [-0.4, -0.2) is 58.3 Å². The van der Waals surface area contributed by atoms with E-state index in [1.54, 1.807) is 13.4 Å². The average Bonchev–Trinajstić information content (AvgIpc) is 3.24. The number of ether oxygens (including phenoxy) is 2. The number of benzene rings is 1. The number of aliphatic imine (C=N–C) groups is 1. The van der Waals surface area contributed by atoms with E-state index in [1.165, 1.54) is 5.56 Å². The fourth-order valence-electron chi connectivity index (χ4n) is 2.88. The summed E-state index contributed by atoms with van der Waals surface area (Å²) in [6.45, 7) is 5.48. The fraction of sp³-hybridized carbons (Fsp3) is 0.500. The molecule has 1 aromatic heterocycles. The Balaban J connectivity index is 1.83. The third-order valence-corrected chi connectivity index (χ3v) is 4.45. The number of hydrogen-bond donors (Lipinski definition) is 2. The maximum Gasteiger partial charge on any atom is 0.191 e. The van der Waals surface area contributed by atoms with Gasteiger partial charge in [-0.15, -0.1) is 0 Å². The number of likely N-dealkylation sites (N-methyl/N-ethyl adjacent to an activating group) is 1. The van der Waals surface area contributed by atoms with Crippen LogP contribution in [0.15, 0.2) is 52.1 Å². The number of nitrogens with zero attached hydrogens (tertiary/aromatic N) is 2. The molecule has 1 heterocycles. The van der Waals surface area contributed by atoms with E-state index in [4.69, 9.17) is 18.9 Å². The van der Waals surface area contributed by atoms with Gasteiger partial charge in [-0.05, 0) is 57.3 Å². The molecule has 2 N–H and O–H groups in total. The van der Waals surface area contributed by atoms with Crippen molar-refractivity contribution in [2.75, 3.05) is 47.4 Å². The van der Waals surface area contributed by atoms with Crippen LogP contribution in [0.4, 0.5) is 0 Å². The van der Waals surface area contributed by atoms with E-state index in [0.717, 1.165) is 37.0 Å². The standard InChI is InChI=1S/C22H34N4O3/c1-5-23-22(24-12-8-13-28-17-20-11-7-14-29-20)25-16-21(26(2)3)18-9-6-10-19(15-18)27-4/h6-7,9-11,14-15,21H,5,8,12-13,16-17H2,1-4H3,(H2,23,24,25). The summed E-state index contributed by atoms with van der Waals surface area (Å²) in [5.41, 5.74) is 1.18. The summed E-state index contributed by atoms with van der Waals surface area (Å²) in [5, 5.41) is 6.68. The van der Waals surface area contributed by atoms with E-state index in [1.807, 2.05) is 24.3 Å². The number of guanidine groups is 1. The minimum Gasteiger partial charge on any atom is -0.497 e. The highest BCUT2D eigenvalue weighted by Crippen LogP contribution is 2.22. The lowest BCUT2D eigenvalue weighted by atomic mass is 10.1. The molecule has 1 unspecified atom stereocenters. The van der Waals surface area contributed by atoms with Gasteiger partial charge in [0.1, 0.15) is 18.1 Å². The normalized spacial score (nSPS) is 12.8. The Morgan fingerprint density at radius 3 is 2.76 bits per heavy atom.